The first-order valence-electron chi connectivity index (χ1n) is 7.75. The van der Waals surface area contributed by atoms with Crippen LogP contribution in [0.2, 0.25) is 0 Å². The summed E-state index contributed by atoms with van der Waals surface area (Å²) in [6.45, 7) is 11.6. The molecule has 0 amide bonds. The Morgan fingerprint density at radius 3 is 2.30 bits per heavy atom. The lowest BCUT2D eigenvalue weighted by Crippen LogP contribution is -2.55. The molecule has 0 aliphatic rings. The van der Waals surface area contributed by atoms with E-state index in [0.29, 0.717) is 6.04 Å². The van der Waals surface area contributed by atoms with Gasteiger partial charge >= 0.3 is 0 Å². The van der Waals surface area contributed by atoms with Crippen LogP contribution in [0.15, 0.2) is 30.3 Å². The number of benzene rings is 1. The summed E-state index contributed by atoms with van der Waals surface area (Å²) in [5.41, 5.74) is 0.779. The molecule has 1 aromatic rings. The quantitative estimate of drug-likeness (QED) is 0.729. The van der Waals surface area contributed by atoms with Crippen LogP contribution < -0.4 is 5.32 Å². The highest BCUT2D eigenvalue weighted by atomic mass is 16.3. The lowest BCUT2D eigenvalue weighted by Gasteiger charge is -2.40. The van der Waals surface area contributed by atoms with Crippen LogP contribution in [0.3, 0.4) is 0 Å². The van der Waals surface area contributed by atoms with Crippen molar-refractivity contribution < 1.29 is 5.11 Å². The van der Waals surface area contributed by atoms with Crippen LogP contribution in [0.1, 0.15) is 39.7 Å². The number of hydrogen-bond acceptors (Lipinski definition) is 3. The maximum Gasteiger partial charge on any atom is 0.0797 e. The van der Waals surface area contributed by atoms with Crippen molar-refractivity contribution >= 4 is 0 Å². The highest BCUT2D eigenvalue weighted by molar-refractivity contribution is 5.25. The molecule has 0 bridgehead atoms. The van der Waals surface area contributed by atoms with Crippen LogP contribution in [0.5, 0.6) is 0 Å². The van der Waals surface area contributed by atoms with Gasteiger partial charge in [-0.2, -0.15) is 0 Å². The lowest BCUT2D eigenvalue weighted by atomic mass is 9.89. The topological polar surface area (TPSA) is 35.5 Å². The van der Waals surface area contributed by atoms with Gasteiger partial charge in [-0.25, -0.2) is 0 Å². The molecular weight excluding hydrogens is 248 g/mol. The smallest absolute Gasteiger partial charge is 0.0797 e. The zero-order valence-corrected chi connectivity index (χ0v) is 13.4. The van der Waals surface area contributed by atoms with Gasteiger partial charge in [0.2, 0.25) is 0 Å². The highest BCUT2D eigenvalue weighted by Gasteiger charge is 2.33. The van der Waals surface area contributed by atoms with Crippen molar-refractivity contribution in [3.8, 4) is 0 Å². The summed E-state index contributed by atoms with van der Waals surface area (Å²) in [6, 6.07) is 10.8. The van der Waals surface area contributed by atoms with E-state index in [2.05, 4.69) is 50.0 Å². The molecule has 0 spiro atoms. The normalized spacial score (nSPS) is 14.8. The van der Waals surface area contributed by atoms with E-state index in [1.807, 2.05) is 18.2 Å². The predicted molar refractivity (Wildman–Crippen MR) is 85.9 cm³/mol. The summed E-state index contributed by atoms with van der Waals surface area (Å²) in [7, 11) is 0. The van der Waals surface area contributed by atoms with E-state index >= 15 is 0 Å². The Labute approximate surface area is 124 Å². The van der Waals surface area contributed by atoms with Crippen molar-refractivity contribution in [2.24, 2.45) is 0 Å². The molecule has 0 fully saturated rings. The van der Waals surface area contributed by atoms with Gasteiger partial charge in [0.1, 0.15) is 0 Å². The van der Waals surface area contributed by atoms with Crippen molar-refractivity contribution in [1.29, 1.82) is 0 Å². The second kappa shape index (κ2) is 8.40. The summed E-state index contributed by atoms with van der Waals surface area (Å²) in [6.07, 6.45) is 1.13. The largest absolute Gasteiger partial charge is 0.394 e. The molecule has 0 aromatic heterocycles. The van der Waals surface area contributed by atoms with Gasteiger partial charge in [-0.15, -0.1) is 0 Å². The third-order valence-corrected chi connectivity index (χ3v) is 3.83. The number of rotatable bonds is 9. The maximum absolute atomic E-state index is 10.1. The molecule has 0 saturated carbocycles. The first-order chi connectivity index (χ1) is 9.59. The molecule has 0 aliphatic carbocycles. The van der Waals surface area contributed by atoms with Gasteiger partial charge in [-0.1, -0.05) is 44.2 Å². The Morgan fingerprint density at radius 1 is 1.20 bits per heavy atom. The Morgan fingerprint density at radius 2 is 1.85 bits per heavy atom. The van der Waals surface area contributed by atoms with Crippen molar-refractivity contribution in [1.82, 2.24) is 10.2 Å². The number of aliphatic hydroxyl groups is 1. The summed E-state index contributed by atoms with van der Waals surface area (Å²) in [5.74, 6) is 0. The molecule has 114 valence electrons. The summed E-state index contributed by atoms with van der Waals surface area (Å²) >= 11 is 0. The number of aliphatic hydroxyl groups excluding tert-OH is 1. The van der Waals surface area contributed by atoms with Gasteiger partial charge < -0.3 is 10.4 Å². The Bertz CT molecular complexity index is 367. The molecule has 3 heteroatoms. The SMILES string of the molecule is CCCN(CC(CO)(NCC)c1ccccc1)C(C)C. The standard InChI is InChI=1S/C17H30N2O/c1-5-12-19(15(3)4)13-17(14-20,18-6-2)16-10-8-7-9-11-16/h7-11,15,18,20H,5-6,12-14H2,1-4H3. The van der Waals surface area contributed by atoms with Gasteiger partial charge in [0.15, 0.2) is 0 Å². The molecule has 3 nitrogen and oxygen atoms in total. The predicted octanol–water partition coefficient (Wildman–Crippen LogP) is 2.60. The van der Waals surface area contributed by atoms with E-state index in [9.17, 15) is 5.11 Å². The van der Waals surface area contributed by atoms with Crippen LogP contribution in [-0.4, -0.2) is 42.3 Å². The van der Waals surface area contributed by atoms with E-state index in [0.717, 1.165) is 31.6 Å². The molecule has 0 saturated heterocycles. The lowest BCUT2D eigenvalue weighted by molar-refractivity contribution is 0.0916. The third-order valence-electron chi connectivity index (χ3n) is 3.83. The second-order valence-electron chi connectivity index (χ2n) is 5.70. The Balaban J connectivity index is 3.04. The molecule has 1 unspecified atom stereocenters. The molecule has 1 rings (SSSR count). The molecule has 20 heavy (non-hydrogen) atoms. The van der Waals surface area contributed by atoms with Crippen molar-refractivity contribution in [3.63, 3.8) is 0 Å². The molecule has 1 aromatic carbocycles. The van der Waals surface area contributed by atoms with E-state index in [1.165, 1.54) is 0 Å². The fraction of sp³-hybridized carbons (Fsp3) is 0.647. The number of likely N-dealkylation sites (N-methyl/N-ethyl adjacent to an activating group) is 1. The fourth-order valence-corrected chi connectivity index (χ4v) is 2.70. The molecule has 1 atom stereocenters. The van der Waals surface area contributed by atoms with Gasteiger partial charge in [-0.05, 0) is 38.9 Å². The Kier molecular flexibility index (Phi) is 7.20. The third kappa shape index (κ3) is 4.30. The minimum absolute atomic E-state index is 0.109. The van der Waals surface area contributed by atoms with Crippen molar-refractivity contribution in [2.75, 3.05) is 26.2 Å². The van der Waals surface area contributed by atoms with Gasteiger partial charge in [-0.3, -0.25) is 4.90 Å². The molecule has 0 aliphatic heterocycles. The van der Waals surface area contributed by atoms with Crippen LogP contribution in [-0.2, 0) is 5.54 Å². The van der Waals surface area contributed by atoms with Gasteiger partial charge in [0.05, 0.1) is 12.1 Å². The first kappa shape index (κ1) is 17.2. The molecule has 0 radical (unpaired) electrons. The maximum atomic E-state index is 10.1. The highest BCUT2D eigenvalue weighted by Crippen LogP contribution is 2.23. The number of hydrogen-bond donors (Lipinski definition) is 2. The average Bonchev–Trinajstić information content (AvgIpc) is 2.46. The second-order valence-corrected chi connectivity index (χ2v) is 5.70. The van der Waals surface area contributed by atoms with Crippen LogP contribution in [0, 0.1) is 0 Å². The van der Waals surface area contributed by atoms with Crippen LogP contribution >= 0.6 is 0 Å². The fourth-order valence-electron chi connectivity index (χ4n) is 2.70. The van der Waals surface area contributed by atoms with Gasteiger partial charge in [0, 0.05) is 12.6 Å². The molecule has 0 heterocycles. The zero-order valence-electron chi connectivity index (χ0n) is 13.4. The summed E-state index contributed by atoms with van der Waals surface area (Å²) in [4.78, 5) is 2.44. The molecular formula is C17H30N2O. The zero-order chi connectivity index (χ0) is 15.0. The van der Waals surface area contributed by atoms with Crippen molar-refractivity contribution in [2.45, 2.75) is 45.7 Å². The minimum atomic E-state index is -0.380. The van der Waals surface area contributed by atoms with E-state index in [4.69, 9.17) is 0 Å². The Hall–Kier alpha value is -0.900. The average molecular weight is 278 g/mol. The monoisotopic (exact) mass is 278 g/mol. The van der Waals surface area contributed by atoms with Crippen LogP contribution in [0.4, 0.5) is 0 Å². The summed E-state index contributed by atoms with van der Waals surface area (Å²) < 4.78 is 0. The van der Waals surface area contributed by atoms with Crippen molar-refractivity contribution in [3.05, 3.63) is 35.9 Å². The van der Waals surface area contributed by atoms with Gasteiger partial charge in [0.25, 0.3) is 0 Å². The minimum Gasteiger partial charge on any atom is -0.394 e. The van der Waals surface area contributed by atoms with E-state index in [-0.39, 0.29) is 12.1 Å². The summed E-state index contributed by atoms with van der Waals surface area (Å²) in [5, 5.41) is 13.6. The first-order valence-corrected chi connectivity index (χ1v) is 7.75. The number of nitrogens with zero attached hydrogens (tertiary/aromatic N) is 1. The van der Waals surface area contributed by atoms with E-state index in [1.54, 1.807) is 0 Å². The van der Waals surface area contributed by atoms with E-state index < -0.39 is 0 Å². The van der Waals surface area contributed by atoms with Crippen LogP contribution in [0.25, 0.3) is 0 Å². The number of nitrogens with one attached hydrogen (secondary N) is 1. The molecule has 2 N–H and O–H groups in total.